The highest BCUT2D eigenvalue weighted by Gasteiger charge is 2.20. The molecule has 0 spiro atoms. The summed E-state index contributed by atoms with van der Waals surface area (Å²) in [6.07, 6.45) is 0. The van der Waals surface area contributed by atoms with Crippen LogP contribution in [0.15, 0.2) is 41.3 Å². The number of hydrogen-bond acceptors (Lipinski definition) is 6. The predicted octanol–water partition coefficient (Wildman–Crippen LogP) is 4.58. The van der Waals surface area contributed by atoms with Crippen LogP contribution in [-0.2, 0) is 0 Å². The Bertz CT molecular complexity index is 1060. The molecule has 0 unspecified atom stereocenters. The van der Waals surface area contributed by atoms with Crippen LogP contribution in [0.3, 0.4) is 0 Å². The number of carbonyl (C=O) groups excluding carboxylic acids is 1. The summed E-state index contributed by atoms with van der Waals surface area (Å²) in [4.78, 5) is 23.4. The van der Waals surface area contributed by atoms with Gasteiger partial charge in [-0.15, -0.1) is 11.8 Å². The van der Waals surface area contributed by atoms with Crippen molar-refractivity contribution in [1.82, 2.24) is 15.2 Å². The van der Waals surface area contributed by atoms with Crippen molar-refractivity contribution < 1.29 is 4.79 Å². The molecule has 3 aromatic rings. The van der Waals surface area contributed by atoms with E-state index in [0.717, 1.165) is 59.6 Å². The zero-order valence-electron chi connectivity index (χ0n) is 18.5. The molecule has 1 aliphatic rings. The molecule has 7 heteroatoms. The van der Waals surface area contributed by atoms with E-state index in [1.807, 2.05) is 24.3 Å². The maximum absolute atomic E-state index is 12.6. The Labute approximate surface area is 192 Å². The predicted molar refractivity (Wildman–Crippen MR) is 133 cm³/mol. The Kier molecular flexibility index (Phi) is 7.15. The van der Waals surface area contributed by atoms with E-state index in [-0.39, 0.29) is 5.91 Å². The smallest absolute Gasteiger partial charge is 0.252 e. The van der Waals surface area contributed by atoms with Crippen molar-refractivity contribution in [3.63, 3.8) is 0 Å². The van der Waals surface area contributed by atoms with Gasteiger partial charge in [0.15, 0.2) is 5.13 Å². The maximum Gasteiger partial charge on any atom is 0.252 e. The van der Waals surface area contributed by atoms with Crippen LogP contribution in [0.5, 0.6) is 0 Å². The molecule has 0 saturated carbocycles. The molecule has 1 amide bonds. The number of hydrogen-bond donors (Lipinski definition) is 1. The number of nitrogens with one attached hydrogen (secondary N) is 1. The van der Waals surface area contributed by atoms with Gasteiger partial charge in [0.1, 0.15) is 0 Å². The molecule has 0 atom stereocenters. The van der Waals surface area contributed by atoms with Gasteiger partial charge in [-0.05, 0) is 48.9 Å². The maximum atomic E-state index is 12.6. The summed E-state index contributed by atoms with van der Waals surface area (Å²) >= 11 is 3.50. The number of carbonyl (C=O) groups is 1. The van der Waals surface area contributed by atoms with Gasteiger partial charge in [-0.3, -0.25) is 9.69 Å². The lowest BCUT2D eigenvalue weighted by Gasteiger charge is -2.34. The summed E-state index contributed by atoms with van der Waals surface area (Å²) in [5, 5.41) is 4.23. The lowest BCUT2D eigenvalue weighted by atomic mass is 10.1. The fourth-order valence-corrected chi connectivity index (χ4v) is 5.75. The molecule has 1 N–H and O–H groups in total. The molecule has 0 aliphatic carbocycles. The van der Waals surface area contributed by atoms with E-state index in [1.54, 1.807) is 23.1 Å². The van der Waals surface area contributed by atoms with Crippen molar-refractivity contribution in [3.05, 3.63) is 53.1 Å². The van der Waals surface area contributed by atoms with Crippen molar-refractivity contribution >= 4 is 44.4 Å². The highest BCUT2D eigenvalue weighted by atomic mass is 32.2. The average Bonchev–Trinajstić information content (AvgIpc) is 3.22. The molecule has 1 aromatic heterocycles. The summed E-state index contributed by atoms with van der Waals surface area (Å²) in [5.41, 5.74) is 4.51. The second kappa shape index (κ2) is 10.0. The molecule has 1 fully saturated rings. The third-order valence-corrected chi connectivity index (χ3v) is 7.90. The van der Waals surface area contributed by atoms with Gasteiger partial charge >= 0.3 is 0 Å². The zero-order valence-corrected chi connectivity index (χ0v) is 20.1. The van der Waals surface area contributed by atoms with E-state index < -0.39 is 0 Å². The fourth-order valence-electron chi connectivity index (χ4n) is 3.87. The molecule has 2 heterocycles. The number of amides is 1. The van der Waals surface area contributed by atoms with Crippen molar-refractivity contribution in [2.45, 2.75) is 25.7 Å². The molecule has 5 nitrogen and oxygen atoms in total. The van der Waals surface area contributed by atoms with Crippen molar-refractivity contribution in [1.29, 1.82) is 0 Å². The first-order valence-corrected chi connectivity index (χ1v) is 12.7. The van der Waals surface area contributed by atoms with Crippen LogP contribution in [0.1, 0.15) is 28.4 Å². The lowest BCUT2D eigenvalue weighted by Crippen LogP contribution is -2.48. The average molecular weight is 455 g/mol. The van der Waals surface area contributed by atoms with Crippen molar-refractivity contribution in [2.75, 3.05) is 49.9 Å². The number of aryl methyl sites for hydroxylation is 2. The van der Waals surface area contributed by atoms with E-state index in [1.165, 1.54) is 15.8 Å². The second-order valence-electron chi connectivity index (χ2n) is 7.86. The van der Waals surface area contributed by atoms with Crippen LogP contribution in [0.2, 0.25) is 0 Å². The molecule has 0 radical (unpaired) electrons. The van der Waals surface area contributed by atoms with E-state index in [0.29, 0.717) is 6.54 Å². The first-order chi connectivity index (χ1) is 15.1. The fraction of sp³-hybridized carbons (Fsp3) is 0.417. The number of thioether (sulfide) groups is 1. The molecular formula is C24H30N4OS2. The van der Waals surface area contributed by atoms with Gasteiger partial charge in [0.25, 0.3) is 5.91 Å². The minimum atomic E-state index is 0.0234. The minimum absolute atomic E-state index is 0.0234. The third-order valence-electron chi connectivity index (χ3n) is 5.86. The Hall–Kier alpha value is -2.09. The van der Waals surface area contributed by atoms with Gasteiger partial charge < -0.3 is 10.2 Å². The first-order valence-electron chi connectivity index (χ1n) is 10.9. The van der Waals surface area contributed by atoms with Crippen LogP contribution in [0.4, 0.5) is 5.13 Å². The van der Waals surface area contributed by atoms with Crippen molar-refractivity contribution in [2.24, 2.45) is 0 Å². The number of nitrogens with zero attached hydrogens (tertiary/aromatic N) is 3. The van der Waals surface area contributed by atoms with Gasteiger partial charge in [-0.25, -0.2) is 4.98 Å². The third kappa shape index (κ3) is 5.05. The highest BCUT2D eigenvalue weighted by Crippen LogP contribution is 2.32. The molecule has 0 bridgehead atoms. The van der Waals surface area contributed by atoms with Crippen LogP contribution >= 0.6 is 23.1 Å². The molecule has 31 heavy (non-hydrogen) atoms. The summed E-state index contributed by atoms with van der Waals surface area (Å²) in [5.74, 6) is 0.984. The topological polar surface area (TPSA) is 48.5 Å². The van der Waals surface area contributed by atoms with E-state index in [2.05, 4.69) is 48.0 Å². The number of rotatable bonds is 7. The standard InChI is InChI=1S/C24H30N4OS2/c1-4-30-20-8-6-5-7-19(20)23(29)25-11-12-27-13-15-28(16-14-27)24-26-22-18(3)17(2)9-10-21(22)31-24/h5-10H,4,11-16H2,1-3H3,(H,25,29). The molecule has 2 aromatic carbocycles. The van der Waals surface area contributed by atoms with E-state index in [4.69, 9.17) is 4.98 Å². The SMILES string of the molecule is CCSc1ccccc1C(=O)NCCN1CCN(c2nc3c(C)c(C)ccc3s2)CC1. The summed E-state index contributed by atoms with van der Waals surface area (Å²) in [7, 11) is 0. The van der Waals surface area contributed by atoms with Gasteiger partial charge in [0, 0.05) is 44.2 Å². The zero-order chi connectivity index (χ0) is 21.8. The number of thiazole rings is 1. The molecular weight excluding hydrogens is 424 g/mol. The van der Waals surface area contributed by atoms with Gasteiger partial charge in [-0.1, -0.05) is 36.5 Å². The minimum Gasteiger partial charge on any atom is -0.351 e. The number of piperazine rings is 1. The van der Waals surface area contributed by atoms with Crippen LogP contribution in [-0.4, -0.2) is 60.8 Å². The molecule has 4 rings (SSSR count). The second-order valence-corrected chi connectivity index (χ2v) is 10.2. The summed E-state index contributed by atoms with van der Waals surface area (Å²) in [6.45, 7) is 11.9. The van der Waals surface area contributed by atoms with E-state index >= 15 is 0 Å². The number of benzene rings is 2. The van der Waals surface area contributed by atoms with Gasteiger partial charge in [-0.2, -0.15) is 0 Å². The summed E-state index contributed by atoms with van der Waals surface area (Å²) in [6, 6.07) is 12.2. The normalized spacial score (nSPS) is 14.9. The Morgan fingerprint density at radius 1 is 1.13 bits per heavy atom. The number of aromatic nitrogens is 1. The molecule has 1 aliphatic heterocycles. The van der Waals surface area contributed by atoms with Gasteiger partial charge in [0.05, 0.1) is 15.8 Å². The Morgan fingerprint density at radius 2 is 1.90 bits per heavy atom. The van der Waals surface area contributed by atoms with Crippen LogP contribution in [0, 0.1) is 13.8 Å². The summed E-state index contributed by atoms with van der Waals surface area (Å²) < 4.78 is 1.27. The Morgan fingerprint density at radius 3 is 2.68 bits per heavy atom. The molecule has 1 saturated heterocycles. The van der Waals surface area contributed by atoms with Gasteiger partial charge in [0.2, 0.25) is 0 Å². The highest BCUT2D eigenvalue weighted by molar-refractivity contribution is 7.99. The number of fused-ring (bicyclic) bond motifs is 1. The Balaban J connectivity index is 1.27. The largest absolute Gasteiger partial charge is 0.351 e. The monoisotopic (exact) mass is 454 g/mol. The quantitative estimate of drug-likeness (QED) is 0.530. The van der Waals surface area contributed by atoms with Crippen LogP contribution in [0.25, 0.3) is 10.2 Å². The van der Waals surface area contributed by atoms with Crippen molar-refractivity contribution in [3.8, 4) is 0 Å². The first kappa shape index (κ1) is 22.1. The van der Waals surface area contributed by atoms with E-state index in [9.17, 15) is 4.79 Å². The molecule has 164 valence electrons. The lowest BCUT2D eigenvalue weighted by molar-refractivity contribution is 0.0945. The van der Waals surface area contributed by atoms with Crippen LogP contribution < -0.4 is 10.2 Å². The number of anilines is 1.